The lowest BCUT2D eigenvalue weighted by Crippen LogP contribution is -2.37. The van der Waals surface area contributed by atoms with E-state index in [1.807, 2.05) is 0 Å². The van der Waals surface area contributed by atoms with Crippen LogP contribution in [-0.4, -0.2) is 27.6 Å². The normalized spacial score (nSPS) is 12.9. The van der Waals surface area contributed by atoms with Gasteiger partial charge in [0.05, 0.1) is 41.7 Å². The number of fused-ring (bicyclic) bond motifs is 4. The molecule has 0 amide bonds. The molecule has 5 nitrogen and oxygen atoms in total. The van der Waals surface area contributed by atoms with E-state index in [-0.39, 0.29) is 22.7 Å². The van der Waals surface area contributed by atoms with Gasteiger partial charge in [-0.05, 0) is 82.6 Å². The van der Waals surface area contributed by atoms with Gasteiger partial charge in [0.25, 0.3) is 0 Å². The van der Waals surface area contributed by atoms with Gasteiger partial charge in [-0.3, -0.25) is 4.57 Å². The van der Waals surface area contributed by atoms with Crippen LogP contribution < -0.4 is 5.19 Å². The lowest BCUT2D eigenvalue weighted by Gasteiger charge is -2.24. The average Bonchev–Trinajstić information content (AvgIpc) is 3.74. The van der Waals surface area contributed by atoms with Gasteiger partial charge in [0.1, 0.15) is 17.0 Å². The molecule has 0 aliphatic carbocycles. The van der Waals surface area contributed by atoms with E-state index in [4.69, 9.17) is 19.4 Å². The largest absolute Gasteiger partial charge is 0.455 e. The average molecular weight is 783 g/mol. The fourth-order valence-electron chi connectivity index (χ4n) is 8.04. The van der Waals surface area contributed by atoms with Crippen LogP contribution >= 0.6 is 0 Å². The molecule has 0 aliphatic heterocycles. The molecular formula is C52H58N4OSi. The highest BCUT2D eigenvalue weighted by molar-refractivity contribution is 6.88. The van der Waals surface area contributed by atoms with Gasteiger partial charge in [-0.15, -0.1) is 0 Å². The maximum Gasteiger partial charge on any atom is 0.159 e. The Morgan fingerprint density at radius 3 is 1.78 bits per heavy atom. The van der Waals surface area contributed by atoms with Gasteiger partial charge in [0, 0.05) is 27.2 Å². The zero-order valence-corrected chi connectivity index (χ0v) is 37.7. The number of nitrogens with zero attached hydrogens (tertiary/aromatic N) is 4. The van der Waals surface area contributed by atoms with Gasteiger partial charge in [-0.1, -0.05) is 149 Å². The number of rotatable bonds is 7. The Bertz CT molecular complexity index is 2770. The van der Waals surface area contributed by atoms with Crippen molar-refractivity contribution in [3.8, 4) is 39.6 Å². The molecule has 0 atom stereocenters. The second-order valence-electron chi connectivity index (χ2n) is 19.9. The predicted molar refractivity (Wildman–Crippen MR) is 249 cm³/mol. The Kier molecular flexibility index (Phi) is 9.66. The minimum Gasteiger partial charge on any atom is -0.455 e. The van der Waals surface area contributed by atoms with Crippen molar-refractivity contribution in [2.24, 2.45) is 0 Å². The quantitative estimate of drug-likeness (QED) is 0.151. The van der Waals surface area contributed by atoms with Crippen molar-refractivity contribution in [1.29, 1.82) is 0 Å². The molecule has 0 fully saturated rings. The summed E-state index contributed by atoms with van der Waals surface area (Å²) in [5, 5.41) is 3.59. The van der Waals surface area contributed by atoms with Crippen molar-refractivity contribution < 1.29 is 4.42 Å². The highest BCUT2D eigenvalue weighted by Crippen LogP contribution is 2.43. The maximum absolute atomic E-state index is 6.94. The van der Waals surface area contributed by atoms with E-state index in [1.165, 1.54) is 33.1 Å². The molecule has 0 spiro atoms. The third-order valence-corrected chi connectivity index (χ3v) is 13.6. The van der Waals surface area contributed by atoms with Crippen molar-refractivity contribution in [3.05, 3.63) is 126 Å². The minimum atomic E-state index is -1.41. The highest BCUT2D eigenvalue weighted by atomic mass is 28.3. The second-order valence-corrected chi connectivity index (χ2v) is 24.9. The van der Waals surface area contributed by atoms with Gasteiger partial charge in [0.15, 0.2) is 5.82 Å². The van der Waals surface area contributed by atoms with E-state index in [9.17, 15) is 0 Å². The van der Waals surface area contributed by atoms with Crippen molar-refractivity contribution in [1.82, 2.24) is 19.5 Å². The van der Waals surface area contributed by atoms with Gasteiger partial charge < -0.3 is 4.42 Å². The summed E-state index contributed by atoms with van der Waals surface area (Å²) in [6.45, 7) is 29.7. The smallest absolute Gasteiger partial charge is 0.159 e. The number of para-hydroxylation sites is 3. The third-order valence-electron chi connectivity index (χ3n) is 11.5. The Labute approximate surface area is 345 Å². The topological polar surface area (TPSA) is 56.7 Å². The lowest BCUT2D eigenvalue weighted by atomic mass is 9.86. The van der Waals surface area contributed by atoms with Crippen LogP contribution in [-0.2, 0) is 10.8 Å². The van der Waals surface area contributed by atoms with E-state index >= 15 is 0 Å². The van der Waals surface area contributed by atoms with Gasteiger partial charge in [-0.2, -0.15) is 0 Å². The molecule has 0 aliphatic rings. The summed E-state index contributed by atoms with van der Waals surface area (Å²) in [5.41, 5.74) is 13.7. The molecule has 0 bridgehead atoms. The van der Waals surface area contributed by atoms with E-state index in [0.717, 1.165) is 67.1 Å². The summed E-state index contributed by atoms with van der Waals surface area (Å²) in [6, 6.07) is 37.7. The Morgan fingerprint density at radius 1 is 0.586 bits per heavy atom. The number of aromatic nitrogens is 4. The molecule has 0 saturated carbocycles. The fraction of sp³-hybridized carbons (Fsp3) is 0.327. The van der Waals surface area contributed by atoms with Crippen molar-refractivity contribution in [2.45, 2.75) is 112 Å². The summed E-state index contributed by atoms with van der Waals surface area (Å²) < 4.78 is 9.35. The molecule has 3 aromatic heterocycles. The number of imidazole rings is 1. The van der Waals surface area contributed by atoms with Crippen molar-refractivity contribution in [2.75, 3.05) is 0 Å². The van der Waals surface area contributed by atoms with Crippen LogP contribution in [0.1, 0.15) is 104 Å². The van der Waals surface area contributed by atoms with E-state index < -0.39 is 8.07 Å². The second kappa shape index (κ2) is 14.2. The minimum absolute atomic E-state index is 0.119. The number of benzene rings is 5. The van der Waals surface area contributed by atoms with Gasteiger partial charge in [0.2, 0.25) is 0 Å². The Balaban J connectivity index is 1.34. The summed E-state index contributed by atoms with van der Waals surface area (Å²) in [6.07, 6.45) is 0. The first-order valence-electron chi connectivity index (χ1n) is 20.9. The van der Waals surface area contributed by atoms with E-state index in [1.54, 1.807) is 0 Å². The Hall–Kier alpha value is -5.33. The first-order chi connectivity index (χ1) is 27.3. The molecule has 5 aromatic carbocycles. The summed E-state index contributed by atoms with van der Waals surface area (Å²) in [5.74, 6) is 2.12. The number of furan rings is 1. The van der Waals surface area contributed by atoms with E-state index in [2.05, 4.69) is 197 Å². The Morgan fingerprint density at radius 2 is 1.19 bits per heavy atom. The summed E-state index contributed by atoms with van der Waals surface area (Å²) in [4.78, 5) is 15.6. The van der Waals surface area contributed by atoms with Crippen LogP contribution in [0.4, 0.5) is 0 Å². The standard InChI is InChI=1S/C52H58N4OSi/c1-31(2)40-27-35(33-21-24-36(25-22-33)58(11,12)13)28-41(32(3)4)47(40)56-43-20-15-14-19-42(43)53-50(56)39-18-16-17-38-37-26-23-34(29-44(37)57-48(38)39)49-54-45(51(5,6)7)30-46(55-49)52(8,9)10/h14-32H,1-13H3. The molecule has 0 N–H and O–H groups in total. The lowest BCUT2D eigenvalue weighted by molar-refractivity contribution is 0.539. The molecule has 6 heteroatoms. The SMILES string of the molecule is CC(C)c1cc(-c2ccc([Si](C)(C)C)cc2)cc(C(C)C)c1-n1c(-c2cccc3c2oc2cc(-c4nc(C(C)(C)C)cc(C(C)(C)C)n4)ccc23)nc2ccccc21. The molecule has 296 valence electrons. The van der Waals surface area contributed by atoms with Crippen molar-refractivity contribution >= 4 is 46.2 Å². The zero-order chi connectivity index (χ0) is 41.5. The zero-order valence-electron chi connectivity index (χ0n) is 36.7. The van der Waals surface area contributed by atoms with Crippen LogP contribution in [0.25, 0.3) is 72.6 Å². The third kappa shape index (κ3) is 7.10. The molecule has 0 unspecified atom stereocenters. The van der Waals surface area contributed by atoms with Crippen LogP contribution in [0.3, 0.4) is 0 Å². The molecule has 3 heterocycles. The maximum atomic E-state index is 6.94. The molecule has 0 radical (unpaired) electrons. The predicted octanol–water partition coefficient (Wildman–Crippen LogP) is 14.1. The number of hydrogen-bond acceptors (Lipinski definition) is 4. The van der Waals surface area contributed by atoms with Crippen LogP contribution in [0.2, 0.25) is 19.6 Å². The molecule has 0 saturated heterocycles. The van der Waals surface area contributed by atoms with Crippen LogP contribution in [0.5, 0.6) is 0 Å². The summed E-state index contributed by atoms with van der Waals surface area (Å²) in [7, 11) is -1.41. The first-order valence-corrected chi connectivity index (χ1v) is 24.4. The fourth-order valence-corrected chi connectivity index (χ4v) is 9.21. The molecule has 8 rings (SSSR count). The van der Waals surface area contributed by atoms with Crippen LogP contribution in [0, 0.1) is 0 Å². The highest BCUT2D eigenvalue weighted by Gasteiger charge is 2.27. The van der Waals surface area contributed by atoms with Crippen molar-refractivity contribution in [3.63, 3.8) is 0 Å². The van der Waals surface area contributed by atoms with Gasteiger partial charge >= 0.3 is 0 Å². The summed E-state index contributed by atoms with van der Waals surface area (Å²) >= 11 is 0. The first kappa shape index (κ1) is 39.5. The monoisotopic (exact) mass is 782 g/mol. The number of hydrogen-bond donors (Lipinski definition) is 0. The molecule has 58 heavy (non-hydrogen) atoms. The van der Waals surface area contributed by atoms with Crippen LogP contribution in [0.15, 0.2) is 108 Å². The van der Waals surface area contributed by atoms with Gasteiger partial charge in [-0.25, -0.2) is 15.0 Å². The molecule has 8 aromatic rings. The van der Waals surface area contributed by atoms with E-state index in [0.29, 0.717) is 0 Å². The molecular weight excluding hydrogens is 725 g/mol.